The van der Waals surface area contributed by atoms with Gasteiger partial charge in [0.1, 0.15) is 5.82 Å². The number of aromatic nitrogens is 1. The van der Waals surface area contributed by atoms with E-state index < -0.39 is 0 Å². The average molecular weight is 329 g/mol. The fourth-order valence-corrected chi connectivity index (χ4v) is 3.44. The average Bonchev–Trinajstić information content (AvgIpc) is 3.35. The number of anilines is 1. The summed E-state index contributed by atoms with van der Waals surface area (Å²) in [5.74, 6) is 0.560. The molecule has 2 heterocycles. The molecule has 4 rings (SSSR count). The van der Waals surface area contributed by atoms with Gasteiger partial charge in [-0.1, -0.05) is 11.2 Å². The molecule has 6 heteroatoms. The van der Waals surface area contributed by atoms with Crippen LogP contribution in [0.15, 0.2) is 28.8 Å². The molecule has 1 saturated heterocycles. The van der Waals surface area contributed by atoms with Crippen molar-refractivity contribution in [3.05, 3.63) is 46.9 Å². The minimum Gasteiger partial charge on any atom is -0.368 e. The molecule has 1 aromatic heterocycles. The van der Waals surface area contributed by atoms with Crippen LogP contribution in [0.25, 0.3) is 0 Å². The molecule has 0 spiro atoms. The van der Waals surface area contributed by atoms with Crippen molar-refractivity contribution < 1.29 is 13.7 Å². The van der Waals surface area contributed by atoms with Gasteiger partial charge in [-0.05, 0) is 49.3 Å². The quantitative estimate of drug-likeness (QED) is 0.938. The first-order chi connectivity index (χ1) is 11.6. The number of piperidine rings is 1. The number of nitrogens with two attached hydrogens (primary N) is 1. The number of likely N-dealkylation sites (tertiary alicyclic amines) is 1. The largest absolute Gasteiger partial charge is 0.368 e. The Hall–Kier alpha value is -2.37. The minimum absolute atomic E-state index is 0.102. The Morgan fingerprint density at radius 2 is 1.92 bits per heavy atom. The molecule has 2 fully saturated rings. The van der Waals surface area contributed by atoms with Gasteiger partial charge in [-0.2, -0.15) is 0 Å². The number of rotatable bonds is 3. The Morgan fingerprint density at radius 3 is 2.50 bits per heavy atom. The van der Waals surface area contributed by atoms with Crippen molar-refractivity contribution >= 4 is 11.8 Å². The Morgan fingerprint density at radius 1 is 1.17 bits per heavy atom. The second-order valence-corrected chi connectivity index (χ2v) is 6.73. The van der Waals surface area contributed by atoms with E-state index in [0.29, 0.717) is 30.5 Å². The minimum atomic E-state index is -0.253. The van der Waals surface area contributed by atoms with Gasteiger partial charge in [0.25, 0.3) is 5.91 Å². The molecule has 0 radical (unpaired) electrons. The lowest BCUT2D eigenvalue weighted by Crippen LogP contribution is -2.38. The molecule has 0 atom stereocenters. The maximum absolute atomic E-state index is 14.2. The molecule has 0 unspecified atom stereocenters. The van der Waals surface area contributed by atoms with Crippen molar-refractivity contribution in [2.45, 2.75) is 37.5 Å². The third kappa shape index (κ3) is 2.88. The summed E-state index contributed by atoms with van der Waals surface area (Å²) in [7, 11) is 0. The Labute approximate surface area is 139 Å². The number of carbonyl (C=O) groups excluding carboxylic acids is 1. The number of halogens is 1. The predicted molar refractivity (Wildman–Crippen MR) is 87.2 cm³/mol. The highest BCUT2D eigenvalue weighted by Gasteiger charge is 2.29. The fraction of sp³-hybridized carbons (Fsp3) is 0.444. The highest BCUT2D eigenvalue weighted by molar-refractivity contribution is 5.94. The number of amides is 1. The van der Waals surface area contributed by atoms with Gasteiger partial charge in [0.2, 0.25) is 5.88 Å². The van der Waals surface area contributed by atoms with Crippen molar-refractivity contribution in [2.75, 3.05) is 18.8 Å². The molecule has 1 aromatic carbocycles. The number of carbonyl (C=O) groups is 1. The number of nitrogen functional groups attached to an aromatic ring is 1. The molecule has 1 aliphatic heterocycles. The highest BCUT2D eigenvalue weighted by atomic mass is 19.1. The van der Waals surface area contributed by atoms with Gasteiger partial charge in [-0.3, -0.25) is 4.79 Å². The lowest BCUT2D eigenvalue weighted by Gasteiger charge is -2.31. The Kier molecular flexibility index (Phi) is 3.75. The first-order valence-electron chi connectivity index (χ1n) is 8.42. The van der Waals surface area contributed by atoms with Crippen LogP contribution in [0.2, 0.25) is 0 Å². The van der Waals surface area contributed by atoms with Crippen molar-refractivity contribution in [1.29, 1.82) is 0 Å². The van der Waals surface area contributed by atoms with Crippen molar-refractivity contribution in [3.8, 4) is 0 Å². The maximum atomic E-state index is 14.2. The number of nitrogens with zero attached hydrogens (tertiary/aromatic N) is 2. The monoisotopic (exact) mass is 329 g/mol. The fourth-order valence-electron chi connectivity index (χ4n) is 3.44. The SMILES string of the molecule is Nc1cc(C2CCN(C(=O)c3ccc(C4CC4)c(F)c3)CC2)no1. The topological polar surface area (TPSA) is 72.4 Å². The molecule has 2 aliphatic rings. The van der Waals surface area contributed by atoms with Crippen LogP contribution in [0.5, 0.6) is 0 Å². The van der Waals surface area contributed by atoms with Crippen LogP contribution < -0.4 is 5.73 Å². The summed E-state index contributed by atoms with van der Waals surface area (Å²) in [4.78, 5) is 14.4. The van der Waals surface area contributed by atoms with E-state index in [0.717, 1.165) is 36.9 Å². The van der Waals surface area contributed by atoms with E-state index >= 15 is 0 Å². The second-order valence-electron chi connectivity index (χ2n) is 6.73. The molecule has 5 nitrogen and oxygen atoms in total. The van der Waals surface area contributed by atoms with Crippen LogP contribution in [0.4, 0.5) is 10.3 Å². The number of benzene rings is 1. The molecule has 1 amide bonds. The molecular formula is C18H20FN3O2. The summed E-state index contributed by atoms with van der Waals surface area (Å²) in [5, 5.41) is 3.96. The normalized spacial score (nSPS) is 18.8. The zero-order valence-corrected chi connectivity index (χ0v) is 13.4. The Bertz CT molecular complexity index is 761. The van der Waals surface area contributed by atoms with Crippen LogP contribution in [0.1, 0.15) is 59.1 Å². The Balaban J connectivity index is 1.41. The summed E-state index contributed by atoms with van der Waals surface area (Å²) < 4.78 is 19.1. The van der Waals surface area contributed by atoms with E-state index in [1.54, 1.807) is 23.1 Å². The van der Waals surface area contributed by atoms with Gasteiger partial charge in [-0.25, -0.2) is 4.39 Å². The van der Waals surface area contributed by atoms with Crippen LogP contribution in [0, 0.1) is 5.82 Å². The molecular weight excluding hydrogens is 309 g/mol. The summed E-state index contributed by atoms with van der Waals surface area (Å²) in [6, 6.07) is 6.66. The van der Waals surface area contributed by atoms with E-state index in [-0.39, 0.29) is 17.6 Å². The first-order valence-corrected chi connectivity index (χ1v) is 8.42. The smallest absolute Gasteiger partial charge is 0.253 e. The molecule has 24 heavy (non-hydrogen) atoms. The van der Waals surface area contributed by atoms with E-state index in [1.807, 2.05) is 0 Å². The summed E-state index contributed by atoms with van der Waals surface area (Å²) in [6.07, 6.45) is 3.70. The standard InChI is InChI=1S/C18H20FN3O2/c19-15-9-13(3-4-14(15)11-1-2-11)18(23)22-7-5-12(6-8-22)16-10-17(20)24-21-16/h3-4,9-12H,1-2,5-8,20H2. The third-order valence-corrected chi connectivity index (χ3v) is 5.01. The zero-order valence-electron chi connectivity index (χ0n) is 13.4. The van der Waals surface area contributed by atoms with Crippen LogP contribution >= 0.6 is 0 Å². The van der Waals surface area contributed by atoms with Gasteiger partial charge in [-0.15, -0.1) is 0 Å². The lowest BCUT2D eigenvalue weighted by atomic mass is 9.93. The zero-order chi connectivity index (χ0) is 16.7. The van der Waals surface area contributed by atoms with Crippen molar-refractivity contribution in [2.24, 2.45) is 0 Å². The lowest BCUT2D eigenvalue weighted by molar-refractivity contribution is 0.0711. The summed E-state index contributed by atoms with van der Waals surface area (Å²) in [5.41, 5.74) is 7.58. The highest BCUT2D eigenvalue weighted by Crippen LogP contribution is 2.41. The summed E-state index contributed by atoms with van der Waals surface area (Å²) in [6.45, 7) is 1.25. The molecule has 2 N–H and O–H groups in total. The van der Waals surface area contributed by atoms with E-state index in [2.05, 4.69) is 5.16 Å². The number of hydrogen-bond donors (Lipinski definition) is 1. The molecule has 0 bridgehead atoms. The van der Waals surface area contributed by atoms with Crippen LogP contribution in [-0.4, -0.2) is 29.1 Å². The van der Waals surface area contributed by atoms with Gasteiger partial charge in [0, 0.05) is 30.6 Å². The van der Waals surface area contributed by atoms with Crippen molar-refractivity contribution in [3.63, 3.8) is 0 Å². The molecule has 2 aromatic rings. The van der Waals surface area contributed by atoms with E-state index in [4.69, 9.17) is 10.3 Å². The van der Waals surface area contributed by atoms with Gasteiger partial charge in [0.15, 0.2) is 0 Å². The number of hydrogen-bond acceptors (Lipinski definition) is 4. The van der Waals surface area contributed by atoms with Gasteiger partial charge in [0.05, 0.1) is 5.69 Å². The van der Waals surface area contributed by atoms with Crippen LogP contribution in [0.3, 0.4) is 0 Å². The molecule has 126 valence electrons. The third-order valence-electron chi connectivity index (χ3n) is 5.01. The van der Waals surface area contributed by atoms with E-state index in [9.17, 15) is 9.18 Å². The van der Waals surface area contributed by atoms with Crippen molar-refractivity contribution in [1.82, 2.24) is 10.1 Å². The predicted octanol–water partition coefficient (Wildman–Crippen LogP) is 3.29. The van der Waals surface area contributed by atoms with Gasteiger partial charge < -0.3 is 15.2 Å². The second kappa shape index (κ2) is 5.92. The molecule has 1 aliphatic carbocycles. The van der Waals surface area contributed by atoms with Gasteiger partial charge >= 0.3 is 0 Å². The van der Waals surface area contributed by atoms with Crippen LogP contribution in [-0.2, 0) is 0 Å². The van der Waals surface area contributed by atoms with E-state index in [1.165, 1.54) is 6.07 Å². The molecule has 1 saturated carbocycles. The first kappa shape index (κ1) is 15.2. The maximum Gasteiger partial charge on any atom is 0.253 e. The summed E-state index contributed by atoms with van der Waals surface area (Å²) >= 11 is 0.